The average Bonchev–Trinajstić information content (AvgIpc) is 2.96. The molecule has 0 radical (unpaired) electrons. The monoisotopic (exact) mass is 622 g/mol. The number of unbranched alkanes of at least 4 members (excludes halogenated alkanes) is 1. The summed E-state index contributed by atoms with van der Waals surface area (Å²) in [6.45, 7) is 0.184. The number of anilines is 1. The lowest BCUT2D eigenvalue weighted by molar-refractivity contribution is -0.394. The number of hydrogen-bond donors (Lipinski definition) is 6. The summed E-state index contributed by atoms with van der Waals surface area (Å²) in [6, 6.07) is 2.81. The highest BCUT2D eigenvalue weighted by molar-refractivity contribution is 5.74. The molecule has 2 aromatic carbocycles. The molecule has 3 atom stereocenters. The number of hydrogen-bond acceptors (Lipinski definition) is 14. The van der Waals surface area contributed by atoms with E-state index in [1.165, 1.54) is 12.1 Å². The molecule has 238 valence electrons. The van der Waals surface area contributed by atoms with Crippen LogP contribution in [0.1, 0.15) is 50.1 Å². The summed E-state index contributed by atoms with van der Waals surface area (Å²) < 4.78 is 0. The van der Waals surface area contributed by atoms with Crippen LogP contribution >= 0.6 is 0 Å². The van der Waals surface area contributed by atoms with Crippen LogP contribution in [0.25, 0.3) is 0 Å². The topological polar surface area (TPSA) is 309 Å². The Kier molecular flexibility index (Phi) is 12.9. The maximum atomic E-state index is 11.7. The van der Waals surface area contributed by atoms with E-state index in [2.05, 4.69) is 16.2 Å². The van der Waals surface area contributed by atoms with Gasteiger partial charge in [0, 0.05) is 30.3 Å². The number of non-ortho nitro benzene ring substituents is 2. The number of nitrogens with one attached hydrogen (secondary N) is 3. The third-order valence-electron chi connectivity index (χ3n) is 6.48. The minimum atomic E-state index is -1.30. The fourth-order valence-corrected chi connectivity index (χ4v) is 4.16. The molecule has 20 heteroatoms. The molecule has 0 aliphatic heterocycles. The molecule has 44 heavy (non-hydrogen) atoms. The van der Waals surface area contributed by atoms with Gasteiger partial charge in [0.05, 0.1) is 31.8 Å². The molecule has 0 heterocycles. The molecule has 0 aliphatic rings. The van der Waals surface area contributed by atoms with Crippen LogP contribution in [-0.4, -0.2) is 60.5 Å². The fourth-order valence-electron chi connectivity index (χ4n) is 4.16. The van der Waals surface area contributed by atoms with Crippen molar-refractivity contribution in [1.29, 1.82) is 0 Å². The van der Waals surface area contributed by atoms with Gasteiger partial charge in [0.2, 0.25) is 0 Å². The minimum absolute atomic E-state index is 0.0406. The van der Waals surface area contributed by atoms with Crippen LogP contribution in [0.4, 0.5) is 28.4 Å². The first-order valence-corrected chi connectivity index (χ1v) is 13.0. The van der Waals surface area contributed by atoms with Gasteiger partial charge in [-0.2, -0.15) is 0 Å². The van der Waals surface area contributed by atoms with Crippen LogP contribution in [0.5, 0.6) is 0 Å². The molecule has 0 aliphatic carbocycles. The van der Waals surface area contributed by atoms with Gasteiger partial charge in [-0.15, -0.1) is 0 Å². The van der Waals surface area contributed by atoms with Crippen molar-refractivity contribution in [3.8, 4) is 0 Å². The molecule has 1 unspecified atom stereocenters. The lowest BCUT2D eigenvalue weighted by atomic mass is 9.98. The van der Waals surface area contributed by atoms with Crippen molar-refractivity contribution in [1.82, 2.24) is 10.9 Å². The minimum Gasteiger partial charge on any atom is -0.480 e. The number of carboxylic acid groups (broad SMARTS) is 2. The Hall–Kier alpha value is -5.34. The number of carboxylic acids is 2. The normalized spacial score (nSPS) is 12.9. The van der Waals surface area contributed by atoms with Gasteiger partial charge in [-0.1, -0.05) is 0 Å². The Morgan fingerprint density at radius 2 is 1.20 bits per heavy atom. The second-order valence-corrected chi connectivity index (χ2v) is 9.50. The van der Waals surface area contributed by atoms with E-state index in [0.717, 1.165) is 24.3 Å². The van der Waals surface area contributed by atoms with E-state index in [1.807, 2.05) is 0 Å². The zero-order valence-electron chi connectivity index (χ0n) is 23.0. The molecule has 20 nitrogen and oxygen atoms in total. The first kappa shape index (κ1) is 34.9. The highest BCUT2D eigenvalue weighted by Gasteiger charge is 2.26. The molecule has 0 saturated carbocycles. The lowest BCUT2D eigenvalue weighted by Crippen LogP contribution is -2.52. The van der Waals surface area contributed by atoms with E-state index in [-0.39, 0.29) is 43.5 Å². The van der Waals surface area contributed by atoms with Crippen molar-refractivity contribution in [2.75, 3.05) is 11.9 Å². The Morgan fingerprint density at radius 1 is 0.705 bits per heavy atom. The number of hydrazine groups is 1. The molecule has 7 N–H and O–H groups in total. The van der Waals surface area contributed by atoms with Gasteiger partial charge in [-0.25, -0.2) is 10.9 Å². The molecule has 0 amide bonds. The van der Waals surface area contributed by atoms with Gasteiger partial charge >= 0.3 is 11.9 Å². The second kappa shape index (κ2) is 16.3. The SMILES string of the molecule is NC(CCC[C@H](NN[C@@H](CCCCNc1ccc([N+](=O)[O-])cc1[N+](=O)[O-])C(=O)O)C(=O)O)c1ccc([N+](=O)[O-])cc1[N+](=O)[O-]. The van der Waals surface area contributed by atoms with Crippen molar-refractivity contribution in [3.05, 3.63) is 82.4 Å². The van der Waals surface area contributed by atoms with Crippen molar-refractivity contribution < 1.29 is 39.5 Å². The largest absolute Gasteiger partial charge is 0.480 e. The molecule has 0 fully saturated rings. The summed E-state index contributed by atoms with van der Waals surface area (Å²) in [5.41, 5.74) is 9.14. The predicted molar refractivity (Wildman–Crippen MR) is 152 cm³/mol. The first-order chi connectivity index (χ1) is 20.7. The summed E-state index contributed by atoms with van der Waals surface area (Å²) >= 11 is 0. The van der Waals surface area contributed by atoms with E-state index in [9.17, 15) is 60.3 Å². The second-order valence-electron chi connectivity index (χ2n) is 9.50. The molecule has 2 aromatic rings. The average molecular weight is 623 g/mol. The molecule has 0 bridgehead atoms. The van der Waals surface area contributed by atoms with Crippen LogP contribution in [-0.2, 0) is 9.59 Å². The van der Waals surface area contributed by atoms with Crippen molar-refractivity contribution >= 4 is 40.4 Å². The highest BCUT2D eigenvalue weighted by Crippen LogP contribution is 2.31. The van der Waals surface area contributed by atoms with Crippen LogP contribution in [0, 0.1) is 40.5 Å². The zero-order valence-corrected chi connectivity index (χ0v) is 23.0. The number of nitrogens with zero attached hydrogens (tertiary/aromatic N) is 4. The van der Waals surface area contributed by atoms with Crippen molar-refractivity contribution in [2.24, 2.45) is 5.73 Å². The Labute approximate surface area is 247 Å². The van der Waals surface area contributed by atoms with E-state index < -0.39 is 72.5 Å². The van der Waals surface area contributed by atoms with Gasteiger partial charge < -0.3 is 21.3 Å². The van der Waals surface area contributed by atoms with E-state index in [4.69, 9.17) is 5.73 Å². The third-order valence-corrected chi connectivity index (χ3v) is 6.48. The number of aliphatic carboxylic acids is 2. The molecular formula is C24H30N8O12. The first-order valence-electron chi connectivity index (χ1n) is 13.0. The maximum absolute atomic E-state index is 11.7. The number of rotatable bonds is 20. The molecule has 0 spiro atoms. The Balaban J connectivity index is 1.87. The summed E-state index contributed by atoms with van der Waals surface area (Å²) in [5.74, 6) is -2.57. The van der Waals surface area contributed by atoms with Crippen LogP contribution in [0.2, 0.25) is 0 Å². The number of nitrogens with two attached hydrogens (primary N) is 1. The fraction of sp³-hybridized carbons (Fsp3) is 0.417. The lowest BCUT2D eigenvalue weighted by Gasteiger charge is -2.20. The smallest absolute Gasteiger partial charge is 0.322 e. The van der Waals surface area contributed by atoms with Crippen LogP contribution in [0.3, 0.4) is 0 Å². The van der Waals surface area contributed by atoms with Gasteiger partial charge in [0.15, 0.2) is 0 Å². The standard InChI is InChI=1S/C24H30N8O12/c25-17(16-9-7-14(29(37)38)12-21(16)31(41)42)4-3-6-20(24(35)36)28-27-19(23(33)34)5-1-2-11-26-18-10-8-15(30(39)40)13-22(18)32(43)44/h7-10,12-13,17,19-20,26-28H,1-6,11,25H2,(H,33,34)(H,35,36)/t17?,19-,20-/m0/s1. The van der Waals surface area contributed by atoms with Gasteiger partial charge in [0.25, 0.3) is 22.7 Å². The van der Waals surface area contributed by atoms with E-state index in [0.29, 0.717) is 12.8 Å². The highest BCUT2D eigenvalue weighted by atomic mass is 16.6. The van der Waals surface area contributed by atoms with Crippen LogP contribution in [0.15, 0.2) is 36.4 Å². The predicted octanol–water partition coefficient (Wildman–Crippen LogP) is 2.77. The quantitative estimate of drug-likeness (QED) is 0.0702. The summed E-state index contributed by atoms with van der Waals surface area (Å²) in [6.07, 6.45) is 0.911. The summed E-state index contributed by atoms with van der Waals surface area (Å²) in [7, 11) is 0. The molecule has 0 saturated heterocycles. The van der Waals surface area contributed by atoms with Gasteiger partial charge in [0.1, 0.15) is 17.8 Å². The third kappa shape index (κ3) is 10.2. The molecule has 2 rings (SSSR count). The van der Waals surface area contributed by atoms with Crippen LogP contribution < -0.4 is 21.9 Å². The summed E-state index contributed by atoms with van der Waals surface area (Å²) in [4.78, 5) is 64.7. The molecule has 0 aromatic heterocycles. The van der Waals surface area contributed by atoms with Gasteiger partial charge in [-0.05, 0) is 50.7 Å². The van der Waals surface area contributed by atoms with Crippen molar-refractivity contribution in [3.63, 3.8) is 0 Å². The molecular weight excluding hydrogens is 592 g/mol. The van der Waals surface area contributed by atoms with Crippen molar-refractivity contribution in [2.45, 2.75) is 56.7 Å². The number of benzene rings is 2. The maximum Gasteiger partial charge on any atom is 0.322 e. The number of nitro groups is 4. The zero-order chi connectivity index (χ0) is 33.0. The Morgan fingerprint density at radius 3 is 1.70 bits per heavy atom. The number of nitro benzene ring substituents is 4. The van der Waals surface area contributed by atoms with E-state index in [1.54, 1.807) is 0 Å². The number of carbonyl (C=O) groups is 2. The van der Waals surface area contributed by atoms with E-state index >= 15 is 0 Å². The summed E-state index contributed by atoms with van der Waals surface area (Å²) in [5, 5.41) is 66.2. The van der Waals surface area contributed by atoms with Gasteiger partial charge in [-0.3, -0.25) is 50.0 Å². The Bertz CT molecular complexity index is 1410.